The molecule has 0 saturated carbocycles. The van der Waals surface area contributed by atoms with Crippen LogP contribution in [0.3, 0.4) is 0 Å². The van der Waals surface area contributed by atoms with Crippen LogP contribution in [0.15, 0.2) is 71.9 Å². The number of nitrogens with zero attached hydrogens (tertiary/aromatic N) is 3. The second-order valence-corrected chi connectivity index (χ2v) is 8.13. The van der Waals surface area contributed by atoms with E-state index in [2.05, 4.69) is 10.3 Å². The van der Waals surface area contributed by atoms with E-state index >= 15 is 0 Å². The molecule has 1 aliphatic rings. The molecule has 2 aromatic carbocycles. The first-order valence-corrected chi connectivity index (χ1v) is 11.2. The molecule has 1 saturated heterocycles. The number of benzene rings is 2. The van der Waals surface area contributed by atoms with Gasteiger partial charge in [0.2, 0.25) is 5.43 Å². The maximum atomic E-state index is 14.8. The van der Waals surface area contributed by atoms with Crippen molar-refractivity contribution < 1.29 is 28.6 Å². The zero-order valence-corrected chi connectivity index (χ0v) is 19.4. The van der Waals surface area contributed by atoms with Crippen molar-refractivity contribution in [3.05, 3.63) is 100 Å². The van der Waals surface area contributed by atoms with Gasteiger partial charge < -0.3 is 25.0 Å². The Morgan fingerprint density at radius 2 is 1.68 bits per heavy atom. The molecule has 0 atom stereocenters. The van der Waals surface area contributed by atoms with E-state index in [1.54, 1.807) is 12.1 Å². The number of carbonyl (C=O) groups is 2. The van der Waals surface area contributed by atoms with Gasteiger partial charge in [0.15, 0.2) is 0 Å². The SMILES string of the molecule is O=C(O)c1cccnc1.O=C(O)c1cn(-c2ccc(F)cc2)c2cc(N3CCNCC3)c(F)cc2c1=O. The van der Waals surface area contributed by atoms with Crippen LogP contribution in [0, 0.1) is 11.6 Å². The summed E-state index contributed by atoms with van der Waals surface area (Å²) in [6.45, 7) is 2.63. The van der Waals surface area contributed by atoms with Crippen LogP contribution in [0.25, 0.3) is 16.6 Å². The molecule has 37 heavy (non-hydrogen) atoms. The van der Waals surface area contributed by atoms with Crippen molar-refractivity contribution in [2.45, 2.75) is 0 Å². The number of halogens is 2. The van der Waals surface area contributed by atoms with E-state index in [0.29, 0.717) is 43.1 Å². The number of nitrogens with one attached hydrogen (secondary N) is 1. The normalized spacial score (nSPS) is 13.1. The fraction of sp³-hybridized carbons (Fsp3) is 0.154. The number of pyridine rings is 2. The minimum absolute atomic E-state index is 0.0411. The van der Waals surface area contributed by atoms with Crippen molar-refractivity contribution >= 4 is 28.5 Å². The summed E-state index contributed by atoms with van der Waals surface area (Å²) >= 11 is 0. The average Bonchev–Trinajstić information content (AvgIpc) is 2.91. The number of anilines is 1. The van der Waals surface area contributed by atoms with Crippen LogP contribution in [0.1, 0.15) is 20.7 Å². The Labute approximate surface area is 209 Å². The Balaban J connectivity index is 0.000000301. The quantitative estimate of drug-likeness (QED) is 0.384. The molecule has 0 aliphatic carbocycles. The van der Waals surface area contributed by atoms with Crippen LogP contribution < -0.4 is 15.6 Å². The standard InChI is InChI=1S/C20H17F2N3O3.C6H5NO2/c21-12-1-3-13(4-2-12)25-11-15(20(27)28)19(26)14-9-16(22)18(10-17(14)25)24-7-5-23-6-8-24;8-6(9)5-2-1-3-7-4-5/h1-4,9-11,23H,5-8H2,(H,27,28);1-4H,(H,8,9). The van der Waals surface area contributed by atoms with Crippen molar-refractivity contribution in [2.75, 3.05) is 31.1 Å². The summed E-state index contributed by atoms with van der Waals surface area (Å²) < 4.78 is 29.6. The van der Waals surface area contributed by atoms with E-state index in [1.165, 1.54) is 53.5 Å². The van der Waals surface area contributed by atoms with Crippen LogP contribution in [0.5, 0.6) is 0 Å². The van der Waals surface area contributed by atoms with Crippen molar-refractivity contribution in [2.24, 2.45) is 0 Å². The smallest absolute Gasteiger partial charge is 0.341 e. The van der Waals surface area contributed by atoms with E-state index in [9.17, 15) is 28.3 Å². The molecule has 1 fully saturated rings. The summed E-state index contributed by atoms with van der Waals surface area (Å²) in [6.07, 6.45) is 4.04. The third kappa shape index (κ3) is 5.62. The molecule has 3 N–H and O–H groups in total. The summed E-state index contributed by atoms with van der Waals surface area (Å²) in [4.78, 5) is 39.8. The van der Waals surface area contributed by atoms with Gasteiger partial charge in [0, 0.05) is 55.8 Å². The minimum Gasteiger partial charge on any atom is -0.478 e. The molecule has 0 unspecified atom stereocenters. The lowest BCUT2D eigenvalue weighted by Gasteiger charge is -2.30. The first-order valence-electron chi connectivity index (χ1n) is 11.2. The molecule has 1 aliphatic heterocycles. The van der Waals surface area contributed by atoms with Gasteiger partial charge in [-0.15, -0.1) is 0 Å². The molecule has 0 radical (unpaired) electrons. The number of piperazine rings is 1. The van der Waals surface area contributed by atoms with E-state index in [1.807, 2.05) is 4.90 Å². The van der Waals surface area contributed by atoms with E-state index in [-0.39, 0.29) is 10.9 Å². The van der Waals surface area contributed by atoms with Crippen LogP contribution in [-0.2, 0) is 0 Å². The number of aromatic nitrogens is 2. The molecule has 0 amide bonds. The highest BCUT2D eigenvalue weighted by molar-refractivity contribution is 5.94. The fourth-order valence-corrected chi connectivity index (χ4v) is 3.94. The van der Waals surface area contributed by atoms with Gasteiger partial charge in [0.1, 0.15) is 17.2 Å². The predicted molar refractivity (Wildman–Crippen MR) is 133 cm³/mol. The lowest BCUT2D eigenvalue weighted by molar-refractivity contribution is 0.0685. The number of carboxylic acid groups (broad SMARTS) is 2. The topological polar surface area (TPSA) is 125 Å². The van der Waals surface area contributed by atoms with Crippen molar-refractivity contribution in [1.29, 1.82) is 0 Å². The maximum absolute atomic E-state index is 14.8. The van der Waals surface area contributed by atoms with Gasteiger partial charge in [-0.3, -0.25) is 9.78 Å². The Kier molecular flexibility index (Phi) is 7.54. The van der Waals surface area contributed by atoms with E-state index in [4.69, 9.17) is 5.11 Å². The number of fused-ring (bicyclic) bond motifs is 1. The Morgan fingerprint density at radius 1 is 0.973 bits per heavy atom. The fourth-order valence-electron chi connectivity index (χ4n) is 3.94. The van der Waals surface area contributed by atoms with Crippen LogP contribution in [0.4, 0.5) is 14.5 Å². The number of aromatic carboxylic acids is 2. The zero-order chi connectivity index (χ0) is 26.5. The first-order chi connectivity index (χ1) is 17.8. The predicted octanol–water partition coefficient (Wildman–Crippen LogP) is 3.16. The molecule has 2 aromatic heterocycles. The van der Waals surface area contributed by atoms with Gasteiger partial charge in [0.25, 0.3) is 0 Å². The van der Waals surface area contributed by atoms with Gasteiger partial charge in [-0.25, -0.2) is 18.4 Å². The van der Waals surface area contributed by atoms with E-state index in [0.717, 1.165) is 6.07 Å². The Hall–Kier alpha value is -4.64. The Bertz CT molecular complexity index is 1500. The maximum Gasteiger partial charge on any atom is 0.341 e. The lowest BCUT2D eigenvalue weighted by atomic mass is 10.1. The minimum atomic E-state index is -1.41. The average molecular weight is 508 g/mol. The molecule has 0 spiro atoms. The number of carboxylic acids is 2. The molecule has 3 heterocycles. The largest absolute Gasteiger partial charge is 0.478 e. The highest BCUT2D eigenvalue weighted by Gasteiger charge is 2.21. The highest BCUT2D eigenvalue weighted by Crippen LogP contribution is 2.27. The third-order valence-electron chi connectivity index (χ3n) is 5.77. The second-order valence-electron chi connectivity index (χ2n) is 8.13. The van der Waals surface area contributed by atoms with Crippen molar-refractivity contribution in [3.63, 3.8) is 0 Å². The number of hydrogen-bond donors (Lipinski definition) is 3. The van der Waals surface area contributed by atoms with Gasteiger partial charge >= 0.3 is 11.9 Å². The highest BCUT2D eigenvalue weighted by atomic mass is 19.1. The molecular formula is C26H22F2N4O5. The van der Waals surface area contributed by atoms with Crippen molar-refractivity contribution in [1.82, 2.24) is 14.9 Å². The molecular weight excluding hydrogens is 486 g/mol. The number of rotatable bonds is 4. The summed E-state index contributed by atoms with van der Waals surface area (Å²) in [5, 5.41) is 20.9. The molecule has 0 bridgehead atoms. The zero-order valence-electron chi connectivity index (χ0n) is 19.4. The van der Waals surface area contributed by atoms with E-state index < -0.39 is 34.6 Å². The van der Waals surface area contributed by atoms with Gasteiger partial charge in [-0.2, -0.15) is 0 Å². The van der Waals surface area contributed by atoms with Gasteiger partial charge in [0.05, 0.1) is 16.8 Å². The molecule has 4 aromatic rings. The second kappa shape index (κ2) is 11.0. The third-order valence-corrected chi connectivity index (χ3v) is 5.77. The monoisotopic (exact) mass is 508 g/mol. The summed E-state index contributed by atoms with van der Waals surface area (Å²) in [5.41, 5.74) is 0.144. The number of hydrogen-bond acceptors (Lipinski definition) is 6. The van der Waals surface area contributed by atoms with Gasteiger partial charge in [-0.1, -0.05) is 0 Å². The van der Waals surface area contributed by atoms with Crippen LogP contribution in [-0.4, -0.2) is 57.9 Å². The summed E-state index contributed by atoms with van der Waals surface area (Å²) in [7, 11) is 0. The molecule has 190 valence electrons. The molecule has 9 nitrogen and oxygen atoms in total. The van der Waals surface area contributed by atoms with Crippen LogP contribution >= 0.6 is 0 Å². The van der Waals surface area contributed by atoms with Gasteiger partial charge in [-0.05, 0) is 48.5 Å². The van der Waals surface area contributed by atoms with Crippen LogP contribution in [0.2, 0.25) is 0 Å². The summed E-state index contributed by atoms with van der Waals surface area (Å²) in [6, 6.07) is 11.1. The Morgan fingerprint density at radius 3 is 2.24 bits per heavy atom. The van der Waals surface area contributed by atoms with Crippen molar-refractivity contribution in [3.8, 4) is 5.69 Å². The lowest BCUT2D eigenvalue weighted by Crippen LogP contribution is -2.43. The molecule has 11 heteroatoms. The first kappa shape index (κ1) is 25.5. The molecule has 5 rings (SSSR count). The summed E-state index contributed by atoms with van der Waals surface area (Å²) in [5.74, 6) is -3.38.